The molecule has 3 rings (SSSR count). The minimum absolute atomic E-state index is 0.298. The number of amides is 1. The van der Waals surface area contributed by atoms with E-state index in [1.165, 1.54) is 6.21 Å². The van der Waals surface area contributed by atoms with Crippen LogP contribution in [0.5, 0.6) is 5.75 Å². The van der Waals surface area contributed by atoms with Crippen molar-refractivity contribution in [3.05, 3.63) is 97.4 Å². The molecular formula is C21H13Br2ClN2O3. The van der Waals surface area contributed by atoms with Gasteiger partial charge in [0.05, 0.1) is 17.3 Å². The number of hydrogen-bond acceptors (Lipinski definition) is 4. The molecule has 0 aliphatic carbocycles. The molecule has 0 radical (unpaired) electrons. The molecule has 0 fully saturated rings. The maximum Gasteiger partial charge on any atom is 0.343 e. The first-order chi connectivity index (χ1) is 13.9. The maximum atomic E-state index is 12.4. The van der Waals surface area contributed by atoms with Crippen LogP contribution < -0.4 is 10.2 Å². The maximum absolute atomic E-state index is 12.4. The zero-order valence-electron chi connectivity index (χ0n) is 14.7. The summed E-state index contributed by atoms with van der Waals surface area (Å²) < 4.78 is 6.90. The molecule has 1 N–H and O–H groups in total. The van der Waals surface area contributed by atoms with Gasteiger partial charge in [0, 0.05) is 19.5 Å². The summed E-state index contributed by atoms with van der Waals surface area (Å²) in [6.07, 6.45) is 1.41. The lowest BCUT2D eigenvalue weighted by molar-refractivity contribution is 0.0734. The minimum Gasteiger partial charge on any atom is -0.422 e. The summed E-state index contributed by atoms with van der Waals surface area (Å²) in [5.74, 6) is -0.605. The van der Waals surface area contributed by atoms with E-state index in [0.717, 1.165) is 4.47 Å². The molecule has 0 unspecified atom stereocenters. The van der Waals surface area contributed by atoms with E-state index in [-0.39, 0.29) is 5.91 Å². The first kappa shape index (κ1) is 21.2. The van der Waals surface area contributed by atoms with E-state index in [1.807, 2.05) is 6.07 Å². The quantitative estimate of drug-likeness (QED) is 0.193. The third kappa shape index (κ3) is 5.76. The first-order valence-corrected chi connectivity index (χ1v) is 10.3. The normalized spacial score (nSPS) is 10.7. The zero-order chi connectivity index (χ0) is 20.8. The molecule has 0 aliphatic heterocycles. The molecule has 0 aromatic heterocycles. The van der Waals surface area contributed by atoms with Crippen LogP contribution in [0.3, 0.4) is 0 Å². The van der Waals surface area contributed by atoms with Crippen molar-refractivity contribution in [1.82, 2.24) is 5.43 Å². The second-order valence-corrected chi connectivity index (χ2v) is 7.96. The lowest BCUT2D eigenvalue weighted by Crippen LogP contribution is -2.18. The molecule has 3 aromatic carbocycles. The predicted molar refractivity (Wildman–Crippen MR) is 120 cm³/mol. The second kappa shape index (κ2) is 9.82. The van der Waals surface area contributed by atoms with Gasteiger partial charge in [-0.3, -0.25) is 4.79 Å². The van der Waals surface area contributed by atoms with Gasteiger partial charge in [0.2, 0.25) is 0 Å². The molecule has 3 aromatic rings. The fourth-order valence-corrected chi connectivity index (χ4v) is 3.29. The molecule has 0 spiro atoms. The Hall–Kier alpha value is -2.48. The average Bonchev–Trinajstić information content (AvgIpc) is 2.70. The van der Waals surface area contributed by atoms with E-state index < -0.39 is 5.97 Å². The number of nitrogens with zero attached hydrogens (tertiary/aromatic N) is 1. The van der Waals surface area contributed by atoms with Crippen molar-refractivity contribution in [3.8, 4) is 5.75 Å². The van der Waals surface area contributed by atoms with Crippen LogP contribution in [0.15, 0.2) is 80.8 Å². The fourth-order valence-electron chi connectivity index (χ4n) is 2.32. The molecule has 5 nitrogen and oxygen atoms in total. The van der Waals surface area contributed by atoms with Crippen molar-refractivity contribution in [2.24, 2.45) is 5.10 Å². The first-order valence-electron chi connectivity index (χ1n) is 8.29. The largest absolute Gasteiger partial charge is 0.422 e. The summed E-state index contributed by atoms with van der Waals surface area (Å²) in [7, 11) is 0. The second-order valence-electron chi connectivity index (χ2n) is 5.76. The fraction of sp³-hybridized carbons (Fsp3) is 0. The van der Waals surface area contributed by atoms with Crippen molar-refractivity contribution in [3.63, 3.8) is 0 Å². The Morgan fingerprint density at radius 2 is 1.72 bits per heavy atom. The summed E-state index contributed by atoms with van der Waals surface area (Å²) in [6, 6.07) is 18.5. The molecule has 29 heavy (non-hydrogen) atoms. The summed E-state index contributed by atoms with van der Waals surface area (Å²) >= 11 is 12.5. The lowest BCUT2D eigenvalue weighted by Gasteiger charge is -2.08. The highest BCUT2D eigenvalue weighted by molar-refractivity contribution is 9.10. The van der Waals surface area contributed by atoms with Gasteiger partial charge in [-0.05, 0) is 70.5 Å². The van der Waals surface area contributed by atoms with E-state index in [2.05, 4.69) is 42.4 Å². The van der Waals surface area contributed by atoms with Crippen molar-refractivity contribution >= 4 is 61.6 Å². The van der Waals surface area contributed by atoms with E-state index in [0.29, 0.717) is 31.9 Å². The number of rotatable bonds is 5. The van der Waals surface area contributed by atoms with Gasteiger partial charge in [0.1, 0.15) is 5.75 Å². The van der Waals surface area contributed by atoms with Crippen molar-refractivity contribution < 1.29 is 14.3 Å². The Labute approximate surface area is 189 Å². The Kier molecular flexibility index (Phi) is 7.19. The van der Waals surface area contributed by atoms with E-state index in [4.69, 9.17) is 16.3 Å². The molecule has 0 atom stereocenters. The molecule has 0 saturated heterocycles. The van der Waals surface area contributed by atoms with Crippen LogP contribution in [0.25, 0.3) is 0 Å². The zero-order valence-corrected chi connectivity index (χ0v) is 18.7. The van der Waals surface area contributed by atoms with Gasteiger partial charge < -0.3 is 4.74 Å². The summed E-state index contributed by atoms with van der Waals surface area (Å²) in [6.45, 7) is 0. The van der Waals surface area contributed by atoms with Gasteiger partial charge >= 0.3 is 5.97 Å². The number of benzene rings is 3. The van der Waals surface area contributed by atoms with Crippen LogP contribution in [-0.2, 0) is 0 Å². The highest BCUT2D eigenvalue weighted by Gasteiger charge is 2.12. The third-order valence-corrected chi connectivity index (χ3v) is 5.18. The highest BCUT2D eigenvalue weighted by Crippen LogP contribution is 2.23. The molecule has 0 saturated carbocycles. The molecule has 0 heterocycles. The van der Waals surface area contributed by atoms with Crippen molar-refractivity contribution in [2.45, 2.75) is 0 Å². The number of nitrogens with one attached hydrogen (secondary N) is 1. The van der Waals surface area contributed by atoms with E-state index in [1.54, 1.807) is 60.7 Å². The standard InChI is InChI=1S/C21H13Br2ClN2O3/c22-15-7-10-19(29-21(28)13-5-8-16(24)9-6-13)14(11-15)12-25-26-20(27)17-3-1-2-4-18(17)23/h1-12H,(H,26,27). The number of esters is 1. The van der Waals surface area contributed by atoms with Crippen LogP contribution >= 0.6 is 43.5 Å². The van der Waals surface area contributed by atoms with Gasteiger partial charge in [-0.1, -0.05) is 39.7 Å². The summed E-state index contributed by atoms with van der Waals surface area (Å²) in [5, 5.41) is 4.50. The molecule has 8 heteroatoms. The average molecular weight is 537 g/mol. The number of carbonyl (C=O) groups is 2. The summed E-state index contributed by atoms with van der Waals surface area (Å²) in [5.41, 5.74) is 3.78. The predicted octanol–water partition coefficient (Wildman–Crippen LogP) is 5.85. The number of halogens is 3. The minimum atomic E-state index is -0.532. The Morgan fingerprint density at radius 3 is 2.45 bits per heavy atom. The molecule has 1 amide bonds. The molecule has 0 bridgehead atoms. The topological polar surface area (TPSA) is 67.8 Å². The number of ether oxygens (including phenoxy) is 1. The Morgan fingerprint density at radius 1 is 1.00 bits per heavy atom. The van der Waals surface area contributed by atoms with Gasteiger partial charge in [0.25, 0.3) is 5.91 Å². The number of hydrazone groups is 1. The SMILES string of the molecule is O=C(Oc1ccc(Br)cc1C=NNC(=O)c1ccccc1Br)c1ccc(Cl)cc1. The van der Waals surface area contributed by atoms with Gasteiger partial charge in [-0.2, -0.15) is 5.10 Å². The Bertz CT molecular complexity index is 1090. The van der Waals surface area contributed by atoms with Gasteiger partial charge in [-0.15, -0.1) is 0 Å². The molecular weight excluding hydrogens is 524 g/mol. The van der Waals surface area contributed by atoms with Crippen LogP contribution in [0.2, 0.25) is 5.02 Å². The van der Waals surface area contributed by atoms with E-state index >= 15 is 0 Å². The smallest absolute Gasteiger partial charge is 0.343 e. The van der Waals surface area contributed by atoms with E-state index in [9.17, 15) is 9.59 Å². The molecule has 146 valence electrons. The van der Waals surface area contributed by atoms with Crippen LogP contribution in [0.4, 0.5) is 0 Å². The monoisotopic (exact) mass is 534 g/mol. The molecule has 0 aliphatic rings. The Balaban J connectivity index is 1.75. The van der Waals surface area contributed by atoms with Crippen LogP contribution in [0, 0.1) is 0 Å². The van der Waals surface area contributed by atoms with Gasteiger partial charge in [-0.25, -0.2) is 10.2 Å². The number of hydrogen-bond donors (Lipinski definition) is 1. The summed E-state index contributed by atoms with van der Waals surface area (Å²) in [4.78, 5) is 24.6. The van der Waals surface area contributed by atoms with Crippen molar-refractivity contribution in [1.29, 1.82) is 0 Å². The number of carbonyl (C=O) groups excluding carboxylic acids is 2. The highest BCUT2D eigenvalue weighted by atomic mass is 79.9. The lowest BCUT2D eigenvalue weighted by atomic mass is 10.2. The van der Waals surface area contributed by atoms with Crippen LogP contribution in [0.1, 0.15) is 26.3 Å². The van der Waals surface area contributed by atoms with Gasteiger partial charge in [0.15, 0.2) is 0 Å². The third-order valence-electron chi connectivity index (χ3n) is 3.74. The van der Waals surface area contributed by atoms with Crippen LogP contribution in [-0.4, -0.2) is 18.1 Å². The van der Waals surface area contributed by atoms with Crippen molar-refractivity contribution in [2.75, 3.05) is 0 Å².